The van der Waals surface area contributed by atoms with Crippen LogP contribution in [0.4, 0.5) is 0 Å². The number of nitrogens with two attached hydrogens (primary N) is 2. The number of hydrogen-bond acceptors (Lipinski definition) is 2. The van der Waals surface area contributed by atoms with E-state index in [0.717, 1.165) is 17.7 Å². The van der Waals surface area contributed by atoms with Crippen LogP contribution in [0.1, 0.15) is 37.8 Å². The number of unbranched alkanes of at least 4 members (excludes halogenated alkanes) is 1. The Kier molecular flexibility index (Phi) is 5.20. The highest BCUT2D eigenvalue weighted by molar-refractivity contribution is 5.99. The molecule has 4 N–H and O–H groups in total. The van der Waals surface area contributed by atoms with Gasteiger partial charge in [-0.2, -0.15) is 5.10 Å². The molecule has 0 fully saturated rings. The molecule has 0 bridgehead atoms. The Morgan fingerprint density at radius 1 is 1.24 bits per heavy atom. The van der Waals surface area contributed by atoms with E-state index < -0.39 is 0 Å². The molecular weight excluding hydrogens is 212 g/mol. The summed E-state index contributed by atoms with van der Waals surface area (Å²) >= 11 is 0. The molecule has 0 unspecified atom stereocenters. The summed E-state index contributed by atoms with van der Waals surface area (Å²) in [6.45, 7) is 4.08. The van der Waals surface area contributed by atoms with Crippen LogP contribution in [0.25, 0.3) is 0 Å². The summed E-state index contributed by atoms with van der Waals surface area (Å²) in [5.74, 6) is -0.0218. The Morgan fingerprint density at radius 3 is 2.65 bits per heavy atom. The quantitative estimate of drug-likeness (QED) is 0.463. The predicted molar refractivity (Wildman–Crippen MR) is 73.1 cm³/mol. The molecule has 4 nitrogen and oxygen atoms in total. The molecule has 0 aliphatic rings. The second-order valence-electron chi connectivity index (χ2n) is 4.01. The van der Waals surface area contributed by atoms with Crippen LogP contribution in [0.3, 0.4) is 0 Å². The normalized spacial score (nSPS) is 11.3. The molecule has 0 radical (unpaired) electrons. The topological polar surface area (TPSA) is 76.8 Å². The van der Waals surface area contributed by atoms with Gasteiger partial charge in [-0.3, -0.25) is 0 Å². The number of benzene rings is 1. The van der Waals surface area contributed by atoms with Crippen molar-refractivity contribution in [2.24, 2.45) is 21.7 Å². The van der Waals surface area contributed by atoms with Crippen molar-refractivity contribution >= 4 is 11.7 Å². The molecule has 0 saturated carbocycles. The minimum atomic E-state index is -0.0218. The highest BCUT2D eigenvalue weighted by Gasteiger charge is 1.99. The van der Waals surface area contributed by atoms with E-state index in [1.54, 1.807) is 0 Å². The molecular formula is C13H20N4. The monoisotopic (exact) mass is 232 g/mol. The van der Waals surface area contributed by atoms with Gasteiger partial charge in [0, 0.05) is 0 Å². The van der Waals surface area contributed by atoms with Gasteiger partial charge in [0.25, 0.3) is 0 Å². The minimum Gasteiger partial charge on any atom is -0.369 e. The first-order valence-corrected chi connectivity index (χ1v) is 5.86. The van der Waals surface area contributed by atoms with Crippen molar-refractivity contribution in [2.75, 3.05) is 0 Å². The Bertz CT molecular complexity index is 417. The zero-order chi connectivity index (χ0) is 12.7. The number of aryl methyl sites for hydroxylation is 1. The van der Waals surface area contributed by atoms with Gasteiger partial charge in [-0.25, -0.2) is 0 Å². The Labute approximate surface area is 102 Å². The second-order valence-corrected chi connectivity index (χ2v) is 4.01. The zero-order valence-corrected chi connectivity index (χ0v) is 10.5. The van der Waals surface area contributed by atoms with Gasteiger partial charge < -0.3 is 11.5 Å². The largest absolute Gasteiger partial charge is 0.369 e. The fourth-order valence-electron chi connectivity index (χ4n) is 1.52. The van der Waals surface area contributed by atoms with Crippen molar-refractivity contribution in [2.45, 2.75) is 33.1 Å². The van der Waals surface area contributed by atoms with Crippen LogP contribution in [0.15, 0.2) is 34.5 Å². The summed E-state index contributed by atoms with van der Waals surface area (Å²) in [6, 6.07) is 8.31. The SMILES string of the molecule is CCCCc1cccc(C(C)=NN=C(N)N)c1. The predicted octanol–water partition coefficient (Wildman–Crippen LogP) is 2.03. The van der Waals surface area contributed by atoms with Gasteiger partial charge >= 0.3 is 0 Å². The molecule has 0 amide bonds. The highest BCUT2D eigenvalue weighted by Crippen LogP contribution is 2.10. The minimum absolute atomic E-state index is 0.0218. The number of nitrogens with zero attached hydrogens (tertiary/aromatic N) is 2. The maximum atomic E-state index is 5.24. The maximum Gasteiger partial charge on any atom is 0.211 e. The molecule has 0 heterocycles. The second kappa shape index (κ2) is 6.68. The molecule has 17 heavy (non-hydrogen) atoms. The molecule has 0 atom stereocenters. The lowest BCUT2D eigenvalue weighted by molar-refractivity contribution is 0.795. The first-order valence-electron chi connectivity index (χ1n) is 5.86. The fourth-order valence-corrected chi connectivity index (χ4v) is 1.52. The summed E-state index contributed by atoms with van der Waals surface area (Å²) in [4.78, 5) is 0. The van der Waals surface area contributed by atoms with E-state index in [2.05, 4.69) is 29.3 Å². The molecule has 4 heteroatoms. The van der Waals surface area contributed by atoms with Gasteiger partial charge in [0.1, 0.15) is 0 Å². The van der Waals surface area contributed by atoms with E-state index in [1.165, 1.54) is 18.4 Å². The van der Waals surface area contributed by atoms with Crippen LogP contribution in [-0.2, 0) is 6.42 Å². The Morgan fingerprint density at radius 2 is 2.00 bits per heavy atom. The number of guanidine groups is 1. The van der Waals surface area contributed by atoms with Gasteiger partial charge in [-0.1, -0.05) is 31.5 Å². The molecule has 0 aliphatic heterocycles. The third kappa shape index (κ3) is 4.68. The van der Waals surface area contributed by atoms with Crippen molar-refractivity contribution in [3.05, 3.63) is 35.4 Å². The molecule has 1 aromatic rings. The van der Waals surface area contributed by atoms with Crippen molar-refractivity contribution in [1.29, 1.82) is 0 Å². The van der Waals surface area contributed by atoms with Crippen LogP contribution in [0, 0.1) is 0 Å². The summed E-state index contributed by atoms with van der Waals surface area (Å²) in [5.41, 5.74) is 13.7. The lowest BCUT2D eigenvalue weighted by Crippen LogP contribution is -2.22. The van der Waals surface area contributed by atoms with Gasteiger partial charge in [-0.15, -0.1) is 5.10 Å². The fraction of sp³-hybridized carbons (Fsp3) is 0.385. The summed E-state index contributed by atoms with van der Waals surface area (Å²) in [6.07, 6.45) is 3.50. The lowest BCUT2D eigenvalue weighted by atomic mass is 10.0. The van der Waals surface area contributed by atoms with E-state index in [0.29, 0.717) is 0 Å². The van der Waals surface area contributed by atoms with Crippen molar-refractivity contribution < 1.29 is 0 Å². The van der Waals surface area contributed by atoms with E-state index in [1.807, 2.05) is 19.1 Å². The van der Waals surface area contributed by atoms with Gasteiger partial charge in [0.2, 0.25) is 5.96 Å². The van der Waals surface area contributed by atoms with Crippen molar-refractivity contribution in [3.63, 3.8) is 0 Å². The molecule has 0 aliphatic carbocycles. The standard InChI is InChI=1S/C13H20N4/c1-3-4-6-11-7-5-8-12(9-11)10(2)16-17-13(14)15/h5,7-9H,3-4,6H2,1-2H3,(H4,14,15,17). The first kappa shape index (κ1) is 13.2. The van der Waals surface area contributed by atoms with E-state index in [-0.39, 0.29) is 5.96 Å². The van der Waals surface area contributed by atoms with E-state index in [9.17, 15) is 0 Å². The van der Waals surface area contributed by atoms with Crippen molar-refractivity contribution in [3.8, 4) is 0 Å². The number of hydrogen-bond donors (Lipinski definition) is 2. The van der Waals surface area contributed by atoms with Crippen LogP contribution in [0.2, 0.25) is 0 Å². The summed E-state index contributed by atoms with van der Waals surface area (Å²) in [5, 5.41) is 7.62. The highest BCUT2D eigenvalue weighted by atomic mass is 15.3. The summed E-state index contributed by atoms with van der Waals surface area (Å²) in [7, 11) is 0. The van der Waals surface area contributed by atoms with Crippen LogP contribution in [-0.4, -0.2) is 11.7 Å². The van der Waals surface area contributed by atoms with Gasteiger partial charge in [0.15, 0.2) is 0 Å². The zero-order valence-electron chi connectivity index (χ0n) is 10.5. The van der Waals surface area contributed by atoms with Crippen LogP contribution >= 0.6 is 0 Å². The summed E-state index contributed by atoms with van der Waals surface area (Å²) < 4.78 is 0. The molecule has 92 valence electrons. The lowest BCUT2D eigenvalue weighted by Gasteiger charge is -2.03. The molecule has 0 saturated heterocycles. The molecule has 1 aromatic carbocycles. The maximum absolute atomic E-state index is 5.24. The Balaban J connectivity index is 2.83. The van der Waals surface area contributed by atoms with Crippen LogP contribution in [0.5, 0.6) is 0 Å². The van der Waals surface area contributed by atoms with E-state index >= 15 is 0 Å². The molecule has 0 aromatic heterocycles. The Hall–Kier alpha value is -1.84. The third-order valence-corrected chi connectivity index (χ3v) is 2.48. The van der Waals surface area contributed by atoms with Gasteiger partial charge in [-0.05, 0) is 37.0 Å². The third-order valence-electron chi connectivity index (χ3n) is 2.48. The van der Waals surface area contributed by atoms with E-state index in [4.69, 9.17) is 11.5 Å². The molecule has 0 spiro atoms. The smallest absolute Gasteiger partial charge is 0.211 e. The first-order chi connectivity index (χ1) is 8.13. The molecule has 1 rings (SSSR count). The average molecular weight is 232 g/mol. The van der Waals surface area contributed by atoms with Crippen molar-refractivity contribution in [1.82, 2.24) is 0 Å². The number of rotatable bonds is 5. The van der Waals surface area contributed by atoms with Gasteiger partial charge in [0.05, 0.1) is 5.71 Å². The van der Waals surface area contributed by atoms with Crippen LogP contribution < -0.4 is 11.5 Å². The average Bonchev–Trinajstić information content (AvgIpc) is 2.33.